The van der Waals surface area contributed by atoms with Gasteiger partial charge in [-0.3, -0.25) is 0 Å². The van der Waals surface area contributed by atoms with E-state index in [1.165, 1.54) is 10.0 Å². The van der Waals surface area contributed by atoms with E-state index in [1.54, 1.807) is 0 Å². The number of benzene rings is 1. The molecular weight excluding hydrogens is 295 g/mol. The van der Waals surface area contributed by atoms with E-state index in [9.17, 15) is 9.59 Å². The van der Waals surface area contributed by atoms with E-state index in [4.69, 9.17) is 4.74 Å². The topological polar surface area (TPSA) is 43.4 Å². The van der Waals surface area contributed by atoms with Gasteiger partial charge in [-0.25, -0.2) is 0 Å². The van der Waals surface area contributed by atoms with Crippen LogP contribution in [0.3, 0.4) is 0 Å². The SMILES string of the molecule is CC12C(=O)OC(=O)C1(C)C1c3ccccc3[Se]C12. The van der Waals surface area contributed by atoms with Crippen molar-refractivity contribution in [3.63, 3.8) is 0 Å². The van der Waals surface area contributed by atoms with E-state index in [0.29, 0.717) is 0 Å². The van der Waals surface area contributed by atoms with Gasteiger partial charge in [0, 0.05) is 0 Å². The van der Waals surface area contributed by atoms with Gasteiger partial charge in [0.2, 0.25) is 0 Å². The van der Waals surface area contributed by atoms with Crippen LogP contribution in [0.4, 0.5) is 0 Å². The van der Waals surface area contributed by atoms with Gasteiger partial charge in [-0.05, 0) is 0 Å². The van der Waals surface area contributed by atoms with Crippen molar-refractivity contribution in [1.82, 2.24) is 0 Å². The van der Waals surface area contributed by atoms with Crippen LogP contribution >= 0.6 is 0 Å². The Labute approximate surface area is 111 Å². The Kier molecular flexibility index (Phi) is 1.73. The summed E-state index contributed by atoms with van der Waals surface area (Å²) in [4.78, 5) is 24.4. The van der Waals surface area contributed by atoms with Crippen LogP contribution in [0.15, 0.2) is 24.3 Å². The van der Waals surface area contributed by atoms with Gasteiger partial charge in [0.25, 0.3) is 0 Å². The first kappa shape index (κ1) is 10.8. The van der Waals surface area contributed by atoms with Crippen LogP contribution < -0.4 is 4.46 Å². The molecule has 18 heavy (non-hydrogen) atoms. The van der Waals surface area contributed by atoms with E-state index in [1.807, 2.05) is 26.0 Å². The number of cyclic esters (lactones) is 2. The Morgan fingerprint density at radius 2 is 1.78 bits per heavy atom. The maximum absolute atomic E-state index is 12.1. The molecule has 2 fully saturated rings. The number of ether oxygens (including phenoxy) is 1. The van der Waals surface area contributed by atoms with Crippen LogP contribution in [0.25, 0.3) is 0 Å². The van der Waals surface area contributed by atoms with Crippen LogP contribution in [0.1, 0.15) is 25.3 Å². The molecule has 3 nitrogen and oxygen atoms in total. The van der Waals surface area contributed by atoms with E-state index >= 15 is 0 Å². The molecule has 0 radical (unpaired) electrons. The molecule has 2 aliphatic heterocycles. The van der Waals surface area contributed by atoms with E-state index in [-0.39, 0.29) is 37.6 Å². The fraction of sp³-hybridized carbons (Fsp3) is 0.429. The number of carbonyl (C=O) groups is 2. The van der Waals surface area contributed by atoms with Crippen LogP contribution in [0.5, 0.6) is 0 Å². The Morgan fingerprint density at radius 1 is 1.11 bits per heavy atom. The van der Waals surface area contributed by atoms with Gasteiger partial charge in [0.15, 0.2) is 0 Å². The second kappa shape index (κ2) is 2.89. The molecule has 1 saturated carbocycles. The molecule has 1 aliphatic carbocycles. The van der Waals surface area contributed by atoms with Gasteiger partial charge >= 0.3 is 111 Å². The summed E-state index contributed by atoms with van der Waals surface area (Å²) in [5.41, 5.74) is 0.00535. The molecule has 3 aliphatic rings. The molecule has 0 spiro atoms. The summed E-state index contributed by atoms with van der Waals surface area (Å²) < 4.78 is 6.28. The zero-order valence-corrected chi connectivity index (χ0v) is 11.8. The van der Waals surface area contributed by atoms with Crippen molar-refractivity contribution < 1.29 is 14.3 Å². The van der Waals surface area contributed by atoms with E-state index in [2.05, 4.69) is 12.1 Å². The van der Waals surface area contributed by atoms with Gasteiger partial charge in [0.05, 0.1) is 0 Å². The van der Waals surface area contributed by atoms with Crippen molar-refractivity contribution in [3.05, 3.63) is 29.8 Å². The van der Waals surface area contributed by atoms with Crippen molar-refractivity contribution in [3.8, 4) is 0 Å². The number of esters is 2. The van der Waals surface area contributed by atoms with Crippen molar-refractivity contribution in [2.75, 3.05) is 0 Å². The molecule has 2 heterocycles. The third-order valence-corrected chi connectivity index (χ3v) is 8.52. The van der Waals surface area contributed by atoms with Gasteiger partial charge < -0.3 is 0 Å². The van der Waals surface area contributed by atoms with E-state index in [0.717, 1.165) is 0 Å². The first-order chi connectivity index (χ1) is 8.51. The summed E-state index contributed by atoms with van der Waals surface area (Å²) in [6, 6.07) is 8.28. The van der Waals surface area contributed by atoms with Gasteiger partial charge in [-0.15, -0.1) is 0 Å². The predicted octanol–water partition coefficient (Wildman–Crippen LogP) is 1.01. The molecule has 4 unspecified atom stereocenters. The minimum atomic E-state index is -0.650. The Hall–Kier alpha value is -1.12. The molecule has 0 aromatic heterocycles. The summed E-state index contributed by atoms with van der Waals surface area (Å²) in [6.07, 6.45) is 0. The molecule has 4 rings (SSSR count). The second-order valence-corrected chi connectivity index (χ2v) is 8.12. The van der Waals surface area contributed by atoms with Crippen molar-refractivity contribution in [2.24, 2.45) is 10.8 Å². The molecule has 4 heteroatoms. The maximum atomic E-state index is 12.1. The summed E-state index contributed by atoms with van der Waals surface area (Å²) in [5.74, 6) is -0.465. The number of rotatable bonds is 0. The Bertz CT molecular complexity index is 611. The molecule has 1 aromatic rings. The third kappa shape index (κ3) is 0.827. The fourth-order valence-electron chi connectivity index (χ4n) is 3.76. The van der Waals surface area contributed by atoms with Crippen LogP contribution in [-0.2, 0) is 14.3 Å². The second-order valence-electron chi connectivity index (χ2n) is 5.64. The molecular formula is C14H12O3Se. The quantitative estimate of drug-likeness (QED) is 0.408. The summed E-state index contributed by atoms with van der Waals surface area (Å²) in [6.45, 7) is 3.81. The summed E-state index contributed by atoms with van der Waals surface area (Å²) >= 11 is 0.263. The van der Waals surface area contributed by atoms with Crippen molar-refractivity contribution >= 4 is 31.4 Å². The molecule has 1 saturated heterocycles. The monoisotopic (exact) mass is 308 g/mol. The van der Waals surface area contributed by atoms with E-state index < -0.39 is 10.8 Å². The zero-order chi connectivity index (χ0) is 12.7. The molecule has 0 N–H and O–H groups in total. The Balaban J connectivity index is 1.93. The zero-order valence-electron chi connectivity index (χ0n) is 10.1. The molecule has 4 atom stereocenters. The molecule has 0 amide bonds. The minimum absolute atomic E-state index is 0.178. The number of carbonyl (C=O) groups excluding carboxylic acids is 2. The van der Waals surface area contributed by atoms with Crippen LogP contribution in [0.2, 0.25) is 4.82 Å². The van der Waals surface area contributed by atoms with Gasteiger partial charge in [-0.1, -0.05) is 0 Å². The fourth-order valence-corrected chi connectivity index (χ4v) is 7.74. The van der Waals surface area contributed by atoms with Crippen molar-refractivity contribution in [1.29, 1.82) is 0 Å². The average molecular weight is 307 g/mol. The Morgan fingerprint density at radius 3 is 2.56 bits per heavy atom. The van der Waals surface area contributed by atoms with Gasteiger partial charge in [-0.2, -0.15) is 0 Å². The van der Waals surface area contributed by atoms with Gasteiger partial charge in [0.1, 0.15) is 0 Å². The first-order valence-corrected chi connectivity index (χ1v) is 7.88. The summed E-state index contributed by atoms with van der Waals surface area (Å²) in [5, 5.41) is 0. The van der Waals surface area contributed by atoms with Crippen molar-refractivity contribution in [2.45, 2.75) is 24.6 Å². The number of hydrogen-bond acceptors (Lipinski definition) is 3. The molecule has 1 aromatic carbocycles. The average Bonchev–Trinajstić information content (AvgIpc) is 2.79. The predicted molar refractivity (Wildman–Crippen MR) is 65.6 cm³/mol. The normalized spacial score (nSPS) is 43.9. The first-order valence-electron chi connectivity index (χ1n) is 6.03. The summed E-state index contributed by atoms with van der Waals surface area (Å²) in [7, 11) is 0. The number of hydrogen-bond donors (Lipinski definition) is 0. The molecule has 0 bridgehead atoms. The van der Waals surface area contributed by atoms with Crippen LogP contribution in [-0.4, -0.2) is 26.9 Å². The third-order valence-electron chi connectivity index (χ3n) is 5.11. The molecule has 92 valence electrons. The standard InChI is InChI=1S/C14H12O3Se/c1-13-9-7-5-3-4-6-8(7)18-10(9)14(13,2)12(16)17-11(13)15/h3-6,9-10H,1-2H3. The van der Waals surface area contributed by atoms with Crippen LogP contribution in [0, 0.1) is 10.8 Å². The number of fused-ring (bicyclic) bond motifs is 6.